The highest BCUT2D eigenvalue weighted by Gasteiger charge is 2.16. The van der Waals surface area contributed by atoms with E-state index < -0.39 is 6.10 Å². The molecule has 1 aromatic heterocycles. The molecule has 2 atom stereocenters. The van der Waals surface area contributed by atoms with E-state index in [1.807, 2.05) is 30.9 Å². The summed E-state index contributed by atoms with van der Waals surface area (Å²) >= 11 is 1.86. The molecular weight excluding hydrogens is 232 g/mol. The molecule has 96 valence electrons. The Bertz CT molecular complexity index is 344. The van der Waals surface area contributed by atoms with Crippen LogP contribution in [-0.4, -0.2) is 35.2 Å². The third-order valence-electron chi connectivity index (χ3n) is 3.00. The summed E-state index contributed by atoms with van der Waals surface area (Å²) in [6, 6.07) is 4.23. The van der Waals surface area contributed by atoms with Crippen molar-refractivity contribution in [1.82, 2.24) is 4.98 Å². The van der Waals surface area contributed by atoms with E-state index in [4.69, 9.17) is 0 Å². The molecular formula is C13H22N2OS. The predicted molar refractivity (Wildman–Crippen MR) is 75.7 cm³/mol. The molecule has 0 bridgehead atoms. The topological polar surface area (TPSA) is 36.4 Å². The molecule has 1 N–H and O–H groups in total. The Labute approximate surface area is 108 Å². The summed E-state index contributed by atoms with van der Waals surface area (Å²) in [5, 5.41) is 9.74. The van der Waals surface area contributed by atoms with E-state index in [1.165, 1.54) is 0 Å². The second-order valence-corrected chi connectivity index (χ2v) is 5.32. The molecule has 17 heavy (non-hydrogen) atoms. The van der Waals surface area contributed by atoms with Crippen LogP contribution in [-0.2, 0) is 0 Å². The number of rotatable bonds is 6. The Kier molecular flexibility index (Phi) is 5.78. The van der Waals surface area contributed by atoms with Gasteiger partial charge in [0.1, 0.15) is 5.82 Å². The molecule has 4 heteroatoms. The number of anilines is 1. The fourth-order valence-electron chi connectivity index (χ4n) is 1.72. The zero-order valence-corrected chi connectivity index (χ0v) is 11.9. The highest BCUT2D eigenvalue weighted by Crippen LogP contribution is 2.24. The summed E-state index contributed by atoms with van der Waals surface area (Å²) in [5.74, 6) is 2.03. The summed E-state index contributed by atoms with van der Waals surface area (Å²) in [4.78, 5) is 6.54. The Morgan fingerprint density at radius 1 is 1.47 bits per heavy atom. The van der Waals surface area contributed by atoms with Gasteiger partial charge >= 0.3 is 0 Å². The van der Waals surface area contributed by atoms with Gasteiger partial charge in [0.2, 0.25) is 0 Å². The van der Waals surface area contributed by atoms with Crippen molar-refractivity contribution >= 4 is 17.6 Å². The SMILES string of the molecule is CSCCC(C)N(C)c1ncccc1[C@H](C)O. The monoisotopic (exact) mass is 254 g/mol. The summed E-state index contributed by atoms with van der Waals surface area (Å²) in [6.07, 6.45) is 4.54. The molecule has 0 saturated heterocycles. The van der Waals surface area contributed by atoms with Gasteiger partial charge in [0, 0.05) is 24.8 Å². The molecule has 1 heterocycles. The van der Waals surface area contributed by atoms with Crippen molar-refractivity contribution in [1.29, 1.82) is 0 Å². The Morgan fingerprint density at radius 3 is 2.76 bits per heavy atom. The van der Waals surface area contributed by atoms with Crippen molar-refractivity contribution in [3.8, 4) is 0 Å². The molecule has 0 spiro atoms. The predicted octanol–water partition coefficient (Wildman–Crippen LogP) is 2.71. The third-order valence-corrected chi connectivity index (χ3v) is 3.65. The molecule has 0 aliphatic rings. The molecule has 1 rings (SSSR count). The van der Waals surface area contributed by atoms with Gasteiger partial charge in [-0.05, 0) is 38.3 Å². The summed E-state index contributed by atoms with van der Waals surface area (Å²) < 4.78 is 0. The lowest BCUT2D eigenvalue weighted by molar-refractivity contribution is 0.199. The van der Waals surface area contributed by atoms with Crippen molar-refractivity contribution in [3.05, 3.63) is 23.9 Å². The van der Waals surface area contributed by atoms with Gasteiger partial charge < -0.3 is 10.0 Å². The molecule has 1 aromatic rings. The number of aliphatic hydroxyl groups is 1. The lowest BCUT2D eigenvalue weighted by Crippen LogP contribution is -2.31. The van der Waals surface area contributed by atoms with E-state index in [9.17, 15) is 5.11 Å². The second kappa shape index (κ2) is 6.87. The molecule has 1 unspecified atom stereocenters. The molecule has 0 aromatic carbocycles. The maximum Gasteiger partial charge on any atom is 0.134 e. The van der Waals surface area contributed by atoms with E-state index in [2.05, 4.69) is 23.1 Å². The van der Waals surface area contributed by atoms with Gasteiger partial charge in [0.05, 0.1) is 6.10 Å². The fraction of sp³-hybridized carbons (Fsp3) is 0.615. The molecule has 3 nitrogen and oxygen atoms in total. The van der Waals surface area contributed by atoms with Crippen LogP contribution in [0.1, 0.15) is 31.9 Å². The number of pyridine rings is 1. The quantitative estimate of drug-likeness (QED) is 0.847. The van der Waals surface area contributed by atoms with Crippen LogP contribution < -0.4 is 4.90 Å². The van der Waals surface area contributed by atoms with Crippen molar-refractivity contribution < 1.29 is 5.11 Å². The number of aromatic nitrogens is 1. The number of thioether (sulfide) groups is 1. The van der Waals surface area contributed by atoms with E-state index in [0.29, 0.717) is 6.04 Å². The van der Waals surface area contributed by atoms with Gasteiger partial charge in [0.15, 0.2) is 0 Å². The van der Waals surface area contributed by atoms with Crippen molar-refractivity contribution in [2.45, 2.75) is 32.4 Å². The highest BCUT2D eigenvalue weighted by molar-refractivity contribution is 7.98. The number of hydrogen-bond donors (Lipinski definition) is 1. The smallest absolute Gasteiger partial charge is 0.134 e. The molecule has 0 fully saturated rings. The molecule has 0 radical (unpaired) electrons. The fourth-order valence-corrected chi connectivity index (χ4v) is 2.30. The van der Waals surface area contributed by atoms with E-state index in [0.717, 1.165) is 23.6 Å². The second-order valence-electron chi connectivity index (χ2n) is 4.33. The first-order valence-electron chi connectivity index (χ1n) is 5.92. The van der Waals surface area contributed by atoms with Gasteiger partial charge in [-0.15, -0.1) is 0 Å². The van der Waals surface area contributed by atoms with Crippen LogP contribution in [0.4, 0.5) is 5.82 Å². The average molecular weight is 254 g/mol. The lowest BCUT2D eigenvalue weighted by atomic mass is 10.1. The van der Waals surface area contributed by atoms with Crippen LogP contribution in [0, 0.1) is 0 Å². The van der Waals surface area contributed by atoms with Crippen molar-refractivity contribution in [3.63, 3.8) is 0 Å². The van der Waals surface area contributed by atoms with Crippen molar-refractivity contribution in [2.24, 2.45) is 0 Å². The lowest BCUT2D eigenvalue weighted by Gasteiger charge is -2.28. The van der Waals surface area contributed by atoms with E-state index in [1.54, 1.807) is 13.1 Å². The van der Waals surface area contributed by atoms with Crippen LogP contribution in [0.15, 0.2) is 18.3 Å². The normalized spacial score (nSPS) is 14.4. The maximum atomic E-state index is 9.74. The summed E-state index contributed by atoms with van der Waals surface area (Å²) in [6.45, 7) is 3.97. The number of hydrogen-bond acceptors (Lipinski definition) is 4. The van der Waals surface area contributed by atoms with Gasteiger partial charge in [-0.2, -0.15) is 11.8 Å². The number of aliphatic hydroxyl groups excluding tert-OH is 1. The standard InChI is InChI=1S/C13H22N2OS/c1-10(7-9-17-4)15(3)13-12(11(2)16)6-5-8-14-13/h5-6,8,10-11,16H,7,9H2,1-4H3/t10?,11-/m0/s1. The molecule has 0 aliphatic heterocycles. The third kappa shape index (κ3) is 3.89. The minimum absolute atomic E-state index is 0.426. The van der Waals surface area contributed by atoms with Crippen molar-refractivity contribution in [2.75, 3.05) is 24.0 Å². The van der Waals surface area contributed by atoms with Crippen LogP contribution in [0.5, 0.6) is 0 Å². The van der Waals surface area contributed by atoms with Gasteiger partial charge in [-0.3, -0.25) is 0 Å². The zero-order chi connectivity index (χ0) is 12.8. The molecule has 0 aliphatic carbocycles. The summed E-state index contributed by atoms with van der Waals surface area (Å²) in [5.41, 5.74) is 0.894. The summed E-state index contributed by atoms with van der Waals surface area (Å²) in [7, 11) is 2.04. The van der Waals surface area contributed by atoms with Crippen LogP contribution in [0.3, 0.4) is 0 Å². The van der Waals surface area contributed by atoms with Crippen LogP contribution in [0.2, 0.25) is 0 Å². The first-order valence-corrected chi connectivity index (χ1v) is 7.32. The number of nitrogens with zero attached hydrogens (tertiary/aromatic N) is 2. The van der Waals surface area contributed by atoms with Crippen LogP contribution >= 0.6 is 11.8 Å². The average Bonchev–Trinajstić information content (AvgIpc) is 2.34. The Balaban J connectivity index is 2.83. The molecule has 0 saturated carbocycles. The van der Waals surface area contributed by atoms with Crippen LogP contribution in [0.25, 0.3) is 0 Å². The van der Waals surface area contributed by atoms with E-state index in [-0.39, 0.29) is 0 Å². The highest BCUT2D eigenvalue weighted by atomic mass is 32.2. The van der Waals surface area contributed by atoms with E-state index >= 15 is 0 Å². The van der Waals surface area contributed by atoms with Gasteiger partial charge in [-0.1, -0.05) is 6.07 Å². The largest absolute Gasteiger partial charge is 0.389 e. The minimum atomic E-state index is -0.478. The first-order chi connectivity index (χ1) is 8.07. The molecule has 0 amide bonds. The Hall–Kier alpha value is -0.740. The van der Waals surface area contributed by atoms with Gasteiger partial charge in [-0.25, -0.2) is 4.98 Å². The first kappa shape index (κ1) is 14.3. The minimum Gasteiger partial charge on any atom is -0.389 e. The van der Waals surface area contributed by atoms with Gasteiger partial charge in [0.25, 0.3) is 0 Å². The zero-order valence-electron chi connectivity index (χ0n) is 11.1. The maximum absolute atomic E-state index is 9.74. The Morgan fingerprint density at radius 2 is 2.18 bits per heavy atom.